The van der Waals surface area contributed by atoms with Crippen molar-refractivity contribution >= 4 is 24.6 Å². The summed E-state index contributed by atoms with van der Waals surface area (Å²) in [6.45, 7) is 0. The second-order valence-corrected chi connectivity index (χ2v) is 5.44. The summed E-state index contributed by atoms with van der Waals surface area (Å²) in [5.74, 6) is 0. The van der Waals surface area contributed by atoms with E-state index in [0.717, 1.165) is 33.4 Å². The van der Waals surface area contributed by atoms with Crippen molar-refractivity contribution in [3.05, 3.63) is 83.9 Å². The predicted molar refractivity (Wildman–Crippen MR) is 93.4 cm³/mol. The van der Waals surface area contributed by atoms with Gasteiger partial charge >= 0.3 is 0 Å². The molecule has 0 unspecified atom stereocenters. The summed E-state index contributed by atoms with van der Waals surface area (Å²) in [6.07, 6.45) is 9.55. The van der Waals surface area contributed by atoms with Crippen LogP contribution in [0.3, 0.4) is 0 Å². The molecule has 0 atom stereocenters. The Kier molecular flexibility index (Phi) is 3.16. The maximum Gasteiger partial charge on any atom is 0.0964 e. The first kappa shape index (κ1) is 13.1. The average molecular weight is 303 g/mol. The van der Waals surface area contributed by atoms with Gasteiger partial charge in [0.05, 0.1) is 22.1 Å². The Hall–Kier alpha value is -2.59. The monoisotopic (exact) mass is 303 g/mol. The number of aliphatic imine (C=N–C) groups is 2. The molecule has 0 radical (unpaired) electrons. The van der Waals surface area contributed by atoms with Crippen LogP contribution in [0, 0.1) is 0 Å². The van der Waals surface area contributed by atoms with Crippen LogP contribution < -0.4 is 0 Å². The third-order valence-corrected chi connectivity index (χ3v) is 4.00. The number of thiol groups is 1. The number of aromatic nitrogens is 1. The summed E-state index contributed by atoms with van der Waals surface area (Å²) >= 11 is 4.59. The van der Waals surface area contributed by atoms with Crippen molar-refractivity contribution in [2.45, 2.75) is 5.03 Å². The first-order valence-corrected chi connectivity index (χ1v) is 7.45. The zero-order valence-electron chi connectivity index (χ0n) is 11.7. The highest BCUT2D eigenvalue weighted by Crippen LogP contribution is 2.27. The number of para-hydroxylation sites is 1. The molecule has 3 nitrogen and oxygen atoms in total. The standard InChI is InChI=1S/C18H13N3S/c22-17-9-8-16(21(17)13-5-2-1-3-6-13)18-14(10-12-20-18)15-7-4-11-19-15/h1-12,22H. The number of allylic oxidation sites excluding steroid dienone is 4. The second kappa shape index (κ2) is 5.31. The van der Waals surface area contributed by atoms with Crippen LogP contribution in [0.1, 0.15) is 5.69 Å². The van der Waals surface area contributed by atoms with E-state index >= 15 is 0 Å². The molecule has 0 saturated heterocycles. The zero-order valence-corrected chi connectivity index (χ0v) is 12.6. The van der Waals surface area contributed by atoms with E-state index in [1.165, 1.54) is 0 Å². The molecular formula is C18H13N3S. The zero-order chi connectivity index (χ0) is 14.9. The Morgan fingerprint density at radius 2 is 1.82 bits per heavy atom. The van der Waals surface area contributed by atoms with Crippen molar-refractivity contribution in [1.29, 1.82) is 0 Å². The minimum atomic E-state index is 0.880. The maximum absolute atomic E-state index is 4.59. The summed E-state index contributed by atoms with van der Waals surface area (Å²) in [5.41, 5.74) is 4.97. The third-order valence-electron chi connectivity index (χ3n) is 3.65. The molecule has 2 aromatic rings. The van der Waals surface area contributed by atoms with E-state index in [0.29, 0.717) is 0 Å². The third kappa shape index (κ3) is 2.09. The van der Waals surface area contributed by atoms with Crippen molar-refractivity contribution in [3.63, 3.8) is 0 Å². The van der Waals surface area contributed by atoms with Gasteiger partial charge in [-0.05, 0) is 42.5 Å². The molecule has 22 heavy (non-hydrogen) atoms. The quantitative estimate of drug-likeness (QED) is 0.814. The van der Waals surface area contributed by atoms with Gasteiger partial charge < -0.3 is 4.57 Å². The van der Waals surface area contributed by atoms with E-state index < -0.39 is 0 Å². The number of hydrogen-bond acceptors (Lipinski definition) is 3. The van der Waals surface area contributed by atoms with Crippen LogP contribution in [0.5, 0.6) is 0 Å². The summed E-state index contributed by atoms with van der Waals surface area (Å²) < 4.78 is 2.10. The van der Waals surface area contributed by atoms with Crippen molar-refractivity contribution in [2.24, 2.45) is 9.98 Å². The topological polar surface area (TPSA) is 29.6 Å². The van der Waals surface area contributed by atoms with Crippen LogP contribution in [0.2, 0.25) is 0 Å². The van der Waals surface area contributed by atoms with Gasteiger partial charge in [0.15, 0.2) is 0 Å². The van der Waals surface area contributed by atoms with Crippen LogP contribution in [-0.4, -0.2) is 16.5 Å². The summed E-state index contributed by atoms with van der Waals surface area (Å²) in [5, 5.41) is 0.880. The lowest BCUT2D eigenvalue weighted by molar-refractivity contribution is 0.949. The smallest absolute Gasteiger partial charge is 0.0964 e. The number of hydrogen-bond donors (Lipinski definition) is 1. The van der Waals surface area contributed by atoms with E-state index in [1.54, 1.807) is 6.21 Å². The fourth-order valence-corrected chi connectivity index (χ4v) is 2.96. The van der Waals surface area contributed by atoms with Gasteiger partial charge in [0.25, 0.3) is 0 Å². The van der Waals surface area contributed by atoms with Crippen molar-refractivity contribution < 1.29 is 0 Å². The highest BCUT2D eigenvalue weighted by Gasteiger charge is 2.20. The van der Waals surface area contributed by atoms with Crippen LogP contribution in [0.15, 0.2) is 93.2 Å². The van der Waals surface area contributed by atoms with Crippen molar-refractivity contribution in [1.82, 2.24) is 4.57 Å². The molecular weight excluding hydrogens is 290 g/mol. The summed E-state index contributed by atoms with van der Waals surface area (Å²) in [7, 11) is 0. The molecule has 0 spiro atoms. The molecule has 106 valence electrons. The Labute approximate surface area is 134 Å². The van der Waals surface area contributed by atoms with Gasteiger partial charge in [-0.2, -0.15) is 0 Å². The van der Waals surface area contributed by atoms with Gasteiger partial charge in [0.2, 0.25) is 0 Å². The Bertz CT molecular complexity index is 866. The molecule has 2 aliphatic heterocycles. The molecule has 0 aliphatic carbocycles. The van der Waals surface area contributed by atoms with Crippen molar-refractivity contribution in [3.8, 4) is 5.69 Å². The van der Waals surface area contributed by atoms with Gasteiger partial charge in [0, 0.05) is 23.7 Å². The first-order valence-electron chi connectivity index (χ1n) is 7.01. The SMILES string of the molecule is Sc1ccc(C2=NC=CC2=C2C=CC=N2)n1-c1ccccc1. The van der Waals surface area contributed by atoms with Crippen molar-refractivity contribution in [2.75, 3.05) is 0 Å². The van der Waals surface area contributed by atoms with Gasteiger partial charge in [-0.1, -0.05) is 18.2 Å². The minimum absolute atomic E-state index is 0.880. The maximum atomic E-state index is 4.59. The molecule has 0 saturated carbocycles. The highest BCUT2D eigenvalue weighted by atomic mass is 32.1. The lowest BCUT2D eigenvalue weighted by Gasteiger charge is -2.12. The predicted octanol–water partition coefficient (Wildman–Crippen LogP) is 3.98. The normalized spacial score (nSPS) is 19.2. The van der Waals surface area contributed by atoms with E-state index in [-0.39, 0.29) is 0 Å². The number of benzene rings is 1. The molecule has 0 bridgehead atoms. The molecule has 1 aromatic heterocycles. The highest BCUT2D eigenvalue weighted by molar-refractivity contribution is 7.80. The van der Waals surface area contributed by atoms with Crippen LogP contribution >= 0.6 is 12.6 Å². The molecule has 4 heteroatoms. The number of nitrogens with zero attached hydrogens (tertiary/aromatic N) is 3. The molecule has 3 heterocycles. The summed E-state index contributed by atoms with van der Waals surface area (Å²) in [4.78, 5) is 8.93. The number of rotatable bonds is 2. The van der Waals surface area contributed by atoms with E-state index in [1.807, 2.05) is 54.8 Å². The Morgan fingerprint density at radius 3 is 2.59 bits per heavy atom. The van der Waals surface area contributed by atoms with Gasteiger partial charge in [-0.3, -0.25) is 9.98 Å². The van der Waals surface area contributed by atoms with E-state index in [9.17, 15) is 0 Å². The Morgan fingerprint density at radius 1 is 0.955 bits per heavy atom. The molecule has 1 aromatic carbocycles. The molecule has 0 amide bonds. The molecule has 0 N–H and O–H groups in total. The Balaban J connectivity index is 1.87. The van der Waals surface area contributed by atoms with Gasteiger partial charge in [0.1, 0.15) is 0 Å². The van der Waals surface area contributed by atoms with Crippen LogP contribution in [0.4, 0.5) is 0 Å². The van der Waals surface area contributed by atoms with E-state index in [4.69, 9.17) is 0 Å². The van der Waals surface area contributed by atoms with E-state index in [2.05, 4.69) is 39.3 Å². The van der Waals surface area contributed by atoms with Gasteiger partial charge in [-0.25, -0.2) is 0 Å². The lowest BCUT2D eigenvalue weighted by atomic mass is 10.1. The fourth-order valence-electron chi connectivity index (χ4n) is 2.66. The van der Waals surface area contributed by atoms with Crippen LogP contribution in [0.25, 0.3) is 5.69 Å². The second-order valence-electron chi connectivity index (χ2n) is 4.98. The first-order chi connectivity index (χ1) is 10.8. The summed E-state index contributed by atoms with van der Waals surface area (Å²) in [6, 6.07) is 14.2. The minimum Gasteiger partial charge on any atom is -0.303 e. The van der Waals surface area contributed by atoms with Gasteiger partial charge in [-0.15, -0.1) is 12.6 Å². The largest absolute Gasteiger partial charge is 0.303 e. The van der Waals surface area contributed by atoms with Crippen LogP contribution in [-0.2, 0) is 0 Å². The average Bonchev–Trinajstić information content (AvgIpc) is 3.27. The molecule has 0 fully saturated rings. The lowest BCUT2D eigenvalue weighted by Crippen LogP contribution is -2.10. The molecule has 4 rings (SSSR count). The fraction of sp³-hybridized carbons (Fsp3) is 0. The molecule has 2 aliphatic rings.